The van der Waals surface area contributed by atoms with Gasteiger partial charge >= 0.3 is 5.97 Å². The molecule has 7 aliphatic heterocycles. The van der Waals surface area contributed by atoms with Crippen molar-refractivity contribution in [2.75, 3.05) is 19.8 Å². The van der Waals surface area contributed by atoms with Gasteiger partial charge in [0, 0.05) is 37.2 Å². The van der Waals surface area contributed by atoms with Gasteiger partial charge in [0.1, 0.15) is 24.4 Å². The fourth-order valence-corrected chi connectivity index (χ4v) is 11.5. The topological polar surface area (TPSA) is 183 Å². The molecule has 3 spiro atoms. The maximum absolute atomic E-state index is 11.7. The van der Waals surface area contributed by atoms with Crippen molar-refractivity contribution >= 4 is 5.97 Å². The van der Waals surface area contributed by atoms with Gasteiger partial charge in [-0.2, -0.15) is 0 Å². The largest absolute Gasteiger partial charge is 0.479 e. The number of aliphatic carboxylic acids is 1. The fourth-order valence-electron chi connectivity index (χ4n) is 11.5. The number of hydrogen-bond donors (Lipinski definition) is 5. The third-order valence-corrected chi connectivity index (χ3v) is 15.0. The number of carboxylic acids is 1. The van der Waals surface area contributed by atoms with Gasteiger partial charge in [0.05, 0.1) is 48.8 Å². The second kappa shape index (κ2) is 16.7. The maximum atomic E-state index is 11.7. The summed E-state index contributed by atoms with van der Waals surface area (Å²) in [6.45, 7) is 19.8. The monoisotopic (exact) mass is 832 g/mol. The zero-order chi connectivity index (χ0) is 42.8. The fraction of sp³-hybridized carbons (Fsp3) is 0.848. The molecule has 17 atom stereocenters. The molecule has 17 unspecified atom stereocenters. The summed E-state index contributed by atoms with van der Waals surface area (Å²) >= 11 is 0. The highest BCUT2D eigenvalue weighted by Crippen LogP contribution is 2.51. The Balaban J connectivity index is 0.948. The van der Waals surface area contributed by atoms with Gasteiger partial charge in [-0.15, -0.1) is 0 Å². The van der Waals surface area contributed by atoms with Crippen molar-refractivity contribution in [3.05, 3.63) is 36.0 Å². The first-order valence-corrected chi connectivity index (χ1v) is 22.3. The quantitative estimate of drug-likeness (QED) is 0.174. The molecule has 0 radical (unpaired) electrons. The Kier molecular flexibility index (Phi) is 12.9. The molecule has 13 heteroatoms. The molecule has 7 heterocycles. The molecule has 0 aromatic carbocycles. The molecule has 0 amide bonds. The lowest BCUT2D eigenvalue weighted by molar-refractivity contribution is -0.344. The Hall–Kier alpha value is -1.75. The van der Waals surface area contributed by atoms with Crippen molar-refractivity contribution in [2.24, 2.45) is 23.2 Å². The van der Waals surface area contributed by atoms with Crippen LogP contribution in [-0.4, -0.2) is 129 Å². The standard InChI is InChI=1S/C46H72O13/c1-27-20-35(56-46(22-27)36(48)12-15-42(7,59-46)24-43(8,52)40(50)51)28(2)10-14-41(6)17-18-45(58-41)16-11-34-39(57-45)37(49)30(4)38(55-34)33(47)21-29(3)32-23-44(26-54-31(32)5)13-9-19-53-25-44/h10,14,22,28-29,31-39,47-49,52H,4,9,11-13,15-21,23-26H2,1-3,5-8H3,(H,50,51). The van der Waals surface area contributed by atoms with Crippen molar-refractivity contribution in [2.45, 2.75) is 203 Å². The highest BCUT2D eigenvalue weighted by molar-refractivity contribution is 5.76. The van der Waals surface area contributed by atoms with Crippen LogP contribution in [-0.2, 0) is 38.0 Å². The minimum atomic E-state index is -2.00. The molecular weight excluding hydrogens is 760 g/mol. The predicted octanol–water partition coefficient (Wildman–Crippen LogP) is 5.50. The average molecular weight is 833 g/mol. The number of aliphatic hydroxyl groups excluding tert-OH is 3. The molecule has 13 nitrogen and oxygen atoms in total. The second-order valence-corrected chi connectivity index (χ2v) is 20.5. The number of ether oxygens (including phenoxy) is 7. The van der Waals surface area contributed by atoms with Crippen LogP contribution in [0.1, 0.15) is 126 Å². The van der Waals surface area contributed by atoms with Crippen LogP contribution in [0.4, 0.5) is 0 Å². The SMILES string of the molecule is C=C1C(O)C2OC3(CCC2OC1C(O)CC(C)C1CC2(CCCOC2)COC1C)CCC(C)(C=CC(C)C1CC(C)=CC2(O1)OC(C)(CC(C)(O)C(=O)O)CCC2O)O3. The van der Waals surface area contributed by atoms with Crippen LogP contribution >= 0.6 is 0 Å². The Labute approximate surface area is 350 Å². The first-order chi connectivity index (χ1) is 27.6. The summed E-state index contributed by atoms with van der Waals surface area (Å²) < 4.78 is 45.2. The Bertz CT molecular complexity index is 1610. The maximum Gasteiger partial charge on any atom is 0.335 e. The molecule has 5 N–H and O–H groups in total. The van der Waals surface area contributed by atoms with E-state index in [-0.39, 0.29) is 41.8 Å². The third kappa shape index (κ3) is 9.32. The van der Waals surface area contributed by atoms with Crippen molar-refractivity contribution in [3.8, 4) is 0 Å². The molecule has 7 aliphatic rings. The molecule has 6 saturated heterocycles. The normalized spacial score (nSPS) is 46.8. The van der Waals surface area contributed by atoms with Gasteiger partial charge in [-0.1, -0.05) is 38.2 Å². The molecule has 0 aliphatic carbocycles. The molecule has 0 aromatic heterocycles. The smallest absolute Gasteiger partial charge is 0.335 e. The zero-order valence-electron chi connectivity index (χ0n) is 36.4. The van der Waals surface area contributed by atoms with Gasteiger partial charge in [-0.3, -0.25) is 0 Å². The van der Waals surface area contributed by atoms with E-state index in [1.807, 2.05) is 20.8 Å². The number of hydrogen-bond acceptors (Lipinski definition) is 12. The van der Waals surface area contributed by atoms with E-state index < -0.39 is 71.0 Å². The molecule has 59 heavy (non-hydrogen) atoms. The van der Waals surface area contributed by atoms with Crippen LogP contribution < -0.4 is 0 Å². The van der Waals surface area contributed by atoms with Gasteiger partial charge in [-0.05, 0) is 116 Å². The minimum absolute atomic E-state index is 0.0463. The molecular formula is C46H72O13. The Morgan fingerprint density at radius 1 is 1.07 bits per heavy atom. The zero-order valence-corrected chi connectivity index (χ0v) is 36.4. The molecule has 0 aromatic rings. The summed E-state index contributed by atoms with van der Waals surface area (Å²) in [4.78, 5) is 11.7. The van der Waals surface area contributed by atoms with E-state index >= 15 is 0 Å². The molecule has 7 rings (SSSR count). The highest BCUT2D eigenvalue weighted by Gasteiger charge is 2.57. The number of fused-ring (bicyclic) bond motifs is 1. The minimum Gasteiger partial charge on any atom is -0.479 e. The van der Waals surface area contributed by atoms with Gasteiger partial charge in [-0.25, -0.2) is 4.79 Å². The van der Waals surface area contributed by atoms with Crippen molar-refractivity contribution in [1.29, 1.82) is 0 Å². The summed E-state index contributed by atoms with van der Waals surface area (Å²) in [7, 11) is 0. The van der Waals surface area contributed by atoms with Crippen LogP contribution in [0.2, 0.25) is 0 Å². The third-order valence-electron chi connectivity index (χ3n) is 15.0. The van der Waals surface area contributed by atoms with Crippen LogP contribution in [0.25, 0.3) is 0 Å². The summed E-state index contributed by atoms with van der Waals surface area (Å²) in [6, 6.07) is 0. The van der Waals surface area contributed by atoms with Gasteiger partial charge in [0.15, 0.2) is 11.4 Å². The number of rotatable bonds is 10. The molecule has 0 saturated carbocycles. The number of aliphatic hydroxyl groups is 4. The van der Waals surface area contributed by atoms with Gasteiger partial charge in [0.25, 0.3) is 0 Å². The van der Waals surface area contributed by atoms with E-state index in [1.165, 1.54) is 6.92 Å². The van der Waals surface area contributed by atoms with E-state index in [0.717, 1.165) is 44.7 Å². The van der Waals surface area contributed by atoms with Gasteiger partial charge < -0.3 is 58.7 Å². The van der Waals surface area contributed by atoms with E-state index in [2.05, 4.69) is 32.6 Å². The number of carbonyl (C=O) groups is 1. The van der Waals surface area contributed by atoms with Crippen LogP contribution in [0.15, 0.2) is 36.0 Å². The number of carboxylic acid groups (broad SMARTS) is 1. The van der Waals surface area contributed by atoms with E-state index in [1.54, 1.807) is 13.0 Å². The summed E-state index contributed by atoms with van der Waals surface area (Å²) in [5.41, 5.74) is -2.25. The first kappa shape index (κ1) is 45.3. The summed E-state index contributed by atoms with van der Waals surface area (Å²) in [5.74, 6) is -3.39. The highest BCUT2D eigenvalue weighted by atomic mass is 16.7. The first-order valence-electron chi connectivity index (χ1n) is 22.3. The van der Waals surface area contributed by atoms with Crippen LogP contribution in [0.5, 0.6) is 0 Å². The predicted molar refractivity (Wildman–Crippen MR) is 217 cm³/mol. The van der Waals surface area contributed by atoms with Crippen LogP contribution in [0.3, 0.4) is 0 Å². The average Bonchev–Trinajstić information content (AvgIpc) is 3.50. The Morgan fingerprint density at radius 3 is 2.54 bits per heavy atom. The van der Waals surface area contributed by atoms with Gasteiger partial charge in [0.2, 0.25) is 5.79 Å². The van der Waals surface area contributed by atoms with E-state index in [0.29, 0.717) is 56.9 Å². The van der Waals surface area contributed by atoms with Crippen LogP contribution in [0, 0.1) is 23.2 Å². The lowest BCUT2D eigenvalue weighted by Gasteiger charge is -2.52. The second-order valence-electron chi connectivity index (χ2n) is 20.5. The summed E-state index contributed by atoms with van der Waals surface area (Å²) in [6.07, 6.45) is 8.36. The lowest BCUT2D eigenvalue weighted by Crippen LogP contribution is -2.60. The molecule has 0 bridgehead atoms. The lowest BCUT2D eigenvalue weighted by atomic mass is 9.68. The molecule has 334 valence electrons. The van der Waals surface area contributed by atoms with E-state index in [4.69, 9.17) is 33.2 Å². The molecule has 6 fully saturated rings. The van der Waals surface area contributed by atoms with Crippen molar-refractivity contribution < 1.29 is 63.5 Å². The summed E-state index contributed by atoms with van der Waals surface area (Å²) in [5, 5.41) is 54.6. The van der Waals surface area contributed by atoms with E-state index in [9.17, 15) is 30.3 Å². The Morgan fingerprint density at radius 2 is 1.83 bits per heavy atom. The van der Waals surface area contributed by atoms with Crippen molar-refractivity contribution in [3.63, 3.8) is 0 Å². The van der Waals surface area contributed by atoms with Crippen molar-refractivity contribution in [1.82, 2.24) is 0 Å².